The van der Waals surface area contributed by atoms with Crippen molar-refractivity contribution in [3.8, 4) is 5.75 Å². The highest BCUT2D eigenvalue weighted by atomic mass is 35.5. The fraction of sp³-hybridized carbons (Fsp3) is 0.571. The number of sulfonamides is 1. The zero-order chi connectivity index (χ0) is 14.8. The molecule has 1 aliphatic carbocycles. The van der Waals surface area contributed by atoms with Gasteiger partial charge in [0.2, 0.25) is 10.0 Å². The third-order valence-electron chi connectivity index (χ3n) is 3.26. The van der Waals surface area contributed by atoms with Gasteiger partial charge in [-0.3, -0.25) is 0 Å². The largest absolute Gasteiger partial charge is 0.491 e. The molecule has 1 atom stereocenters. The Balaban J connectivity index is 0.00000220. The Kier molecular flexibility index (Phi) is 6.46. The van der Waals surface area contributed by atoms with E-state index < -0.39 is 10.0 Å². The van der Waals surface area contributed by atoms with E-state index in [1.54, 1.807) is 24.3 Å². The molecule has 1 aromatic rings. The van der Waals surface area contributed by atoms with Gasteiger partial charge in [-0.25, -0.2) is 13.1 Å². The van der Waals surface area contributed by atoms with Crippen LogP contribution in [0.1, 0.15) is 26.7 Å². The van der Waals surface area contributed by atoms with Crippen molar-refractivity contribution >= 4 is 22.4 Å². The minimum absolute atomic E-state index is 0. The molecular formula is C14H23ClN2O3S. The summed E-state index contributed by atoms with van der Waals surface area (Å²) < 4.78 is 32.7. The van der Waals surface area contributed by atoms with Crippen LogP contribution in [0.4, 0.5) is 0 Å². The first-order valence-corrected chi connectivity index (χ1v) is 8.40. The number of nitrogens with two attached hydrogens (primary N) is 1. The van der Waals surface area contributed by atoms with Crippen molar-refractivity contribution in [2.75, 3.05) is 6.54 Å². The van der Waals surface area contributed by atoms with Gasteiger partial charge in [-0.15, -0.1) is 12.4 Å². The summed E-state index contributed by atoms with van der Waals surface area (Å²) in [7, 11) is -3.51. The van der Waals surface area contributed by atoms with Gasteiger partial charge < -0.3 is 10.5 Å². The lowest BCUT2D eigenvalue weighted by molar-refractivity contribution is 0.242. The van der Waals surface area contributed by atoms with E-state index in [4.69, 9.17) is 10.5 Å². The SMILES string of the molecule is CC(C)Oc1ccc(S(=O)(=O)NC(CN)C2CC2)cc1.Cl. The number of halogens is 1. The molecule has 1 fully saturated rings. The van der Waals surface area contributed by atoms with Crippen LogP contribution in [0.3, 0.4) is 0 Å². The average molecular weight is 335 g/mol. The third kappa shape index (κ3) is 5.14. The Morgan fingerprint density at radius 3 is 2.29 bits per heavy atom. The van der Waals surface area contributed by atoms with Crippen LogP contribution < -0.4 is 15.2 Å². The zero-order valence-electron chi connectivity index (χ0n) is 12.3. The molecule has 7 heteroatoms. The minimum Gasteiger partial charge on any atom is -0.491 e. The highest BCUT2D eigenvalue weighted by molar-refractivity contribution is 7.89. The topological polar surface area (TPSA) is 81.4 Å². The number of rotatable bonds is 7. The second kappa shape index (κ2) is 7.45. The Morgan fingerprint density at radius 2 is 1.86 bits per heavy atom. The molecule has 3 N–H and O–H groups in total. The highest BCUT2D eigenvalue weighted by Gasteiger charge is 2.33. The van der Waals surface area contributed by atoms with Gasteiger partial charge in [0.05, 0.1) is 11.0 Å². The van der Waals surface area contributed by atoms with Crippen molar-refractivity contribution in [2.45, 2.75) is 43.7 Å². The zero-order valence-corrected chi connectivity index (χ0v) is 13.9. The van der Waals surface area contributed by atoms with E-state index in [1.165, 1.54) is 0 Å². The van der Waals surface area contributed by atoms with Crippen molar-refractivity contribution in [3.05, 3.63) is 24.3 Å². The van der Waals surface area contributed by atoms with Gasteiger partial charge in [-0.1, -0.05) is 0 Å². The normalized spacial score (nSPS) is 16.4. The molecule has 5 nitrogen and oxygen atoms in total. The molecule has 0 heterocycles. The van der Waals surface area contributed by atoms with Crippen LogP contribution in [0.25, 0.3) is 0 Å². The molecule has 0 spiro atoms. The molecule has 120 valence electrons. The van der Waals surface area contributed by atoms with Crippen LogP contribution in [0, 0.1) is 5.92 Å². The molecule has 2 rings (SSSR count). The molecule has 0 radical (unpaired) electrons. The van der Waals surface area contributed by atoms with Crippen molar-refractivity contribution in [3.63, 3.8) is 0 Å². The smallest absolute Gasteiger partial charge is 0.240 e. The molecular weight excluding hydrogens is 312 g/mol. The number of benzene rings is 1. The van der Waals surface area contributed by atoms with Gasteiger partial charge in [0, 0.05) is 12.6 Å². The molecule has 1 unspecified atom stereocenters. The molecule has 1 aromatic carbocycles. The van der Waals surface area contributed by atoms with Crippen LogP contribution in [0.5, 0.6) is 5.75 Å². The van der Waals surface area contributed by atoms with Crippen molar-refractivity contribution in [2.24, 2.45) is 11.7 Å². The van der Waals surface area contributed by atoms with Crippen LogP contribution >= 0.6 is 12.4 Å². The average Bonchev–Trinajstić information content (AvgIpc) is 3.20. The van der Waals surface area contributed by atoms with E-state index in [2.05, 4.69) is 4.72 Å². The maximum absolute atomic E-state index is 12.3. The number of nitrogens with one attached hydrogen (secondary N) is 1. The van der Waals surface area contributed by atoms with Crippen molar-refractivity contribution in [1.82, 2.24) is 4.72 Å². The van der Waals surface area contributed by atoms with Crippen molar-refractivity contribution < 1.29 is 13.2 Å². The van der Waals surface area contributed by atoms with E-state index in [-0.39, 0.29) is 29.4 Å². The van der Waals surface area contributed by atoms with E-state index in [1.807, 2.05) is 13.8 Å². The Bertz CT molecular complexity index is 542. The highest BCUT2D eigenvalue weighted by Crippen LogP contribution is 2.33. The molecule has 0 bridgehead atoms. The minimum atomic E-state index is -3.51. The summed E-state index contributed by atoms with van der Waals surface area (Å²) in [4.78, 5) is 0.243. The molecule has 1 aliphatic rings. The quantitative estimate of drug-likeness (QED) is 0.798. The predicted molar refractivity (Wildman–Crippen MR) is 85.3 cm³/mol. The second-order valence-electron chi connectivity index (χ2n) is 5.44. The van der Waals surface area contributed by atoms with E-state index in [0.29, 0.717) is 18.2 Å². The van der Waals surface area contributed by atoms with Crippen LogP contribution in [-0.4, -0.2) is 27.1 Å². The van der Waals surface area contributed by atoms with E-state index in [9.17, 15) is 8.42 Å². The monoisotopic (exact) mass is 334 g/mol. The summed E-state index contributed by atoms with van der Waals surface area (Å²) in [6.07, 6.45) is 2.16. The molecule has 0 saturated heterocycles. The van der Waals surface area contributed by atoms with Crippen LogP contribution in [0.15, 0.2) is 29.2 Å². The lowest BCUT2D eigenvalue weighted by Gasteiger charge is -2.16. The first-order valence-electron chi connectivity index (χ1n) is 6.91. The maximum atomic E-state index is 12.3. The molecule has 21 heavy (non-hydrogen) atoms. The van der Waals surface area contributed by atoms with Gasteiger partial charge in [-0.05, 0) is 56.9 Å². The maximum Gasteiger partial charge on any atom is 0.240 e. The number of hydrogen-bond acceptors (Lipinski definition) is 4. The summed E-state index contributed by atoms with van der Waals surface area (Å²) in [6, 6.07) is 6.29. The number of ether oxygens (including phenoxy) is 1. The van der Waals surface area contributed by atoms with E-state index >= 15 is 0 Å². The van der Waals surface area contributed by atoms with Gasteiger partial charge in [0.25, 0.3) is 0 Å². The van der Waals surface area contributed by atoms with Gasteiger partial charge in [-0.2, -0.15) is 0 Å². The van der Waals surface area contributed by atoms with Gasteiger partial charge >= 0.3 is 0 Å². The second-order valence-corrected chi connectivity index (χ2v) is 7.15. The number of hydrogen-bond donors (Lipinski definition) is 2. The van der Waals surface area contributed by atoms with Crippen LogP contribution in [0.2, 0.25) is 0 Å². The first-order chi connectivity index (χ1) is 9.42. The van der Waals surface area contributed by atoms with Crippen LogP contribution in [-0.2, 0) is 10.0 Å². The summed E-state index contributed by atoms with van der Waals surface area (Å²) in [5, 5.41) is 0. The van der Waals surface area contributed by atoms with Gasteiger partial charge in [0.1, 0.15) is 5.75 Å². The lowest BCUT2D eigenvalue weighted by Crippen LogP contribution is -2.41. The Morgan fingerprint density at radius 1 is 1.29 bits per heavy atom. The Labute approximate surface area is 132 Å². The van der Waals surface area contributed by atoms with E-state index in [0.717, 1.165) is 12.8 Å². The lowest BCUT2D eigenvalue weighted by atomic mass is 10.2. The summed E-state index contributed by atoms with van der Waals surface area (Å²) in [6.45, 7) is 4.18. The molecule has 0 aliphatic heterocycles. The molecule has 1 saturated carbocycles. The Hall–Kier alpha value is -0.820. The fourth-order valence-electron chi connectivity index (χ4n) is 2.07. The van der Waals surface area contributed by atoms with Gasteiger partial charge in [0.15, 0.2) is 0 Å². The fourth-order valence-corrected chi connectivity index (χ4v) is 3.39. The first kappa shape index (κ1) is 18.2. The summed E-state index contributed by atoms with van der Waals surface area (Å²) >= 11 is 0. The molecule has 0 aromatic heterocycles. The summed E-state index contributed by atoms with van der Waals surface area (Å²) in [5.74, 6) is 1.05. The molecule has 0 amide bonds. The van der Waals surface area contributed by atoms with Crippen molar-refractivity contribution in [1.29, 1.82) is 0 Å². The predicted octanol–water partition coefficient (Wildman–Crippen LogP) is 1.91. The third-order valence-corrected chi connectivity index (χ3v) is 4.76. The standard InChI is InChI=1S/C14H22N2O3S.ClH/c1-10(2)19-12-5-7-13(8-6-12)20(17,18)16-14(9-15)11-3-4-11;/h5-8,10-11,14,16H,3-4,9,15H2,1-2H3;1H. The summed E-state index contributed by atoms with van der Waals surface area (Å²) in [5.41, 5.74) is 5.63.